The van der Waals surface area contributed by atoms with Gasteiger partial charge in [-0.3, -0.25) is 4.79 Å². The Morgan fingerprint density at radius 1 is 0.943 bits per heavy atom. The number of benzene rings is 2. The largest absolute Gasteiger partial charge is 0.480 e. The van der Waals surface area contributed by atoms with Gasteiger partial charge in [-0.1, -0.05) is 61.4 Å². The number of rotatable bonds is 6. The van der Waals surface area contributed by atoms with Crippen molar-refractivity contribution in [3.8, 4) is 11.1 Å². The van der Waals surface area contributed by atoms with Crippen LogP contribution in [0.15, 0.2) is 48.5 Å². The second-order valence-corrected chi connectivity index (χ2v) is 10.1. The molecule has 7 nitrogen and oxygen atoms in total. The number of carboxylic acid groups (broad SMARTS) is 1. The molecule has 1 saturated heterocycles. The van der Waals surface area contributed by atoms with Crippen molar-refractivity contribution in [1.82, 2.24) is 10.2 Å². The Labute approximate surface area is 205 Å². The summed E-state index contributed by atoms with van der Waals surface area (Å²) in [6.07, 6.45) is 4.90. The first-order chi connectivity index (χ1) is 17.0. The number of carboxylic acids is 1. The molecule has 1 heterocycles. The van der Waals surface area contributed by atoms with Gasteiger partial charge in [-0.2, -0.15) is 0 Å². The average Bonchev–Trinajstić information content (AvgIpc) is 3.45. The highest BCUT2D eigenvalue weighted by Gasteiger charge is 2.41. The van der Waals surface area contributed by atoms with Crippen LogP contribution in [0.5, 0.6) is 0 Å². The van der Waals surface area contributed by atoms with Crippen molar-refractivity contribution in [2.75, 3.05) is 13.2 Å². The number of aliphatic carboxylic acids is 1. The predicted molar refractivity (Wildman–Crippen MR) is 131 cm³/mol. The summed E-state index contributed by atoms with van der Waals surface area (Å²) in [6, 6.07) is 15.6. The highest BCUT2D eigenvalue weighted by molar-refractivity contribution is 5.85. The van der Waals surface area contributed by atoms with E-state index in [2.05, 4.69) is 29.6 Å². The normalized spacial score (nSPS) is 20.7. The third-order valence-corrected chi connectivity index (χ3v) is 7.87. The van der Waals surface area contributed by atoms with Crippen molar-refractivity contribution in [3.05, 3.63) is 59.7 Å². The summed E-state index contributed by atoms with van der Waals surface area (Å²) in [4.78, 5) is 39.3. The van der Waals surface area contributed by atoms with E-state index in [-0.39, 0.29) is 24.9 Å². The van der Waals surface area contributed by atoms with Crippen molar-refractivity contribution in [3.63, 3.8) is 0 Å². The van der Waals surface area contributed by atoms with Crippen molar-refractivity contribution in [2.24, 2.45) is 0 Å². The lowest BCUT2D eigenvalue weighted by molar-refractivity contribution is -0.152. The molecular formula is C28H32N2O5. The summed E-state index contributed by atoms with van der Waals surface area (Å²) < 4.78 is 5.74. The maximum Gasteiger partial charge on any atom is 0.407 e. The van der Waals surface area contributed by atoms with Crippen LogP contribution in [0.4, 0.5) is 4.79 Å². The molecule has 2 amide bonds. The van der Waals surface area contributed by atoms with E-state index in [4.69, 9.17) is 4.74 Å². The van der Waals surface area contributed by atoms with Gasteiger partial charge in [0.05, 0.1) is 12.0 Å². The van der Waals surface area contributed by atoms with Crippen LogP contribution in [0.2, 0.25) is 0 Å². The summed E-state index contributed by atoms with van der Waals surface area (Å²) in [5.41, 5.74) is 3.96. The second kappa shape index (κ2) is 9.72. The van der Waals surface area contributed by atoms with Crippen LogP contribution in [-0.2, 0) is 14.3 Å². The van der Waals surface area contributed by atoms with E-state index in [0.717, 1.165) is 36.8 Å². The molecule has 2 N–H and O–H groups in total. The van der Waals surface area contributed by atoms with Crippen molar-refractivity contribution in [1.29, 1.82) is 0 Å². The Balaban J connectivity index is 1.25. The van der Waals surface area contributed by atoms with Crippen molar-refractivity contribution < 1.29 is 24.2 Å². The molecule has 0 aromatic heterocycles. The maximum atomic E-state index is 13.2. The summed E-state index contributed by atoms with van der Waals surface area (Å²) in [7, 11) is 0. The van der Waals surface area contributed by atoms with E-state index in [9.17, 15) is 19.5 Å². The molecule has 1 saturated carbocycles. The van der Waals surface area contributed by atoms with E-state index in [1.54, 1.807) is 0 Å². The molecule has 2 aromatic carbocycles. The maximum absolute atomic E-state index is 13.2. The summed E-state index contributed by atoms with van der Waals surface area (Å²) >= 11 is 0. The Hall–Kier alpha value is -3.35. The van der Waals surface area contributed by atoms with Gasteiger partial charge in [-0.25, -0.2) is 9.59 Å². The molecule has 2 fully saturated rings. The van der Waals surface area contributed by atoms with Crippen LogP contribution in [0.1, 0.15) is 68.4 Å². The Bertz CT molecular complexity index is 1080. The number of hydrogen-bond donors (Lipinski definition) is 2. The van der Waals surface area contributed by atoms with Gasteiger partial charge in [0.25, 0.3) is 0 Å². The Kier molecular flexibility index (Phi) is 6.50. The summed E-state index contributed by atoms with van der Waals surface area (Å²) in [5, 5.41) is 12.6. The smallest absolute Gasteiger partial charge is 0.407 e. The standard InChI is InChI=1S/C28H32N2O5/c31-25(30-16-8-5-13-24(30)26(32)33)17-28(14-6-7-15-28)29-27(34)35-18-23-21-11-3-1-9-19(21)20-10-2-4-12-22(20)23/h1-4,9-12,23-24H,5-8,13-18H2,(H,29,34)(H,32,33). The van der Waals surface area contributed by atoms with Crippen LogP contribution in [0.3, 0.4) is 0 Å². The van der Waals surface area contributed by atoms with Gasteiger partial charge in [0.1, 0.15) is 12.6 Å². The van der Waals surface area contributed by atoms with E-state index >= 15 is 0 Å². The molecule has 184 valence electrons. The lowest BCUT2D eigenvalue weighted by Crippen LogP contribution is -2.54. The second-order valence-electron chi connectivity index (χ2n) is 10.1. The van der Waals surface area contributed by atoms with Gasteiger partial charge in [0.15, 0.2) is 0 Å². The topological polar surface area (TPSA) is 95.9 Å². The fraction of sp³-hybridized carbons (Fsp3) is 0.464. The lowest BCUT2D eigenvalue weighted by atomic mass is 9.91. The zero-order chi connectivity index (χ0) is 24.4. The van der Waals surface area contributed by atoms with Crippen molar-refractivity contribution in [2.45, 2.75) is 68.9 Å². The number of nitrogens with one attached hydrogen (secondary N) is 1. The number of piperidine rings is 1. The minimum Gasteiger partial charge on any atom is -0.480 e. The number of likely N-dealkylation sites (tertiary alicyclic amines) is 1. The van der Waals surface area contributed by atoms with Crippen LogP contribution in [0.25, 0.3) is 11.1 Å². The molecule has 1 unspecified atom stereocenters. The number of hydrogen-bond acceptors (Lipinski definition) is 4. The monoisotopic (exact) mass is 476 g/mol. The molecule has 0 spiro atoms. The third-order valence-electron chi connectivity index (χ3n) is 7.87. The quantitative estimate of drug-likeness (QED) is 0.630. The van der Waals surface area contributed by atoms with Gasteiger partial charge < -0.3 is 20.1 Å². The molecule has 5 rings (SSSR count). The molecule has 2 aliphatic carbocycles. The highest BCUT2D eigenvalue weighted by atomic mass is 16.5. The Morgan fingerprint density at radius 2 is 1.57 bits per heavy atom. The van der Waals surface area contributed by atoms with Gasteiger partial charge in [0, 0.05) is 12.5 Å². The first-order valence-electron chi connectivity index (χ1n) is 12.6. The number of amides is 2. The molecule has 35 heavy (non-hydrogen) atoms. The number of alkyl carbamates (subject to hydrolysis) is 1. The molecular weight excluding hydrogens is 444 g/mol. The first kappa shape index (κ1) is 23.4. The molecule has 0 bridgehead atoms. The number of ether oxygens (including phenoxy) is 1. The fourth-order valence-electron chi connectivity index (χ4n) is 6.13. The number of fused-ring (bicyclic) bond motifs is 3. The Morgan fingerprint density at radius 3 is 2.20 bits per heavy atom. The molecule has 3 aliphatic rings. The van der Waals surface area contributed by atoms with Crippen LogP contribution < -0.4 is 5.32 Å². The molecule has 7 heteroatoms. The van der Waals surface area contributed by atoms with Gasteiger partial charge in [-0.05, 0) is 54.4 Å². The number of carbonyl (C=O) groups excluding carboxylic acids is 2. The van der Waals surface area contributed by atoms with Crippen LogP contribution in [0, 0.1) is 0 Å². The highest BCUT2D eigenvalue weighted by Crippen LogP contribution is 2.44. The average molecular weight is 477 g/mol. The third kappa shape index (κ3) is 4.64. The van der Waals surface area contributed by atoms with E-state index in [1.807, 2.05) is 24.3 Å². The molecule has 1 atom stereocenters. The number of carbonyl (C=O) groups is 3. The first-order valence-corrected chi connectivity index (χ1v) is 12.6. The fourth-order valence-corrected chi connectivity index (χ4v) is 6.13. The molecule has 0 radical (unpaired) electrons. The van der Waals surface area contributed by atoms with E-state index in [0.29, 0.717) is 25.8 Å². The zero-order valence-electron chi connectivity index (χ0n) is 19.9. The molecule has 2 aromatic rings. The van der Waals surface area contributed by atoms with Gasteiger partial charge in [-0.15, -0.1) is 0 Å². The minimum absolute atomic E-state index is 0.0287. The molecule has 1 aliphatic heterocycles. The minimum atomic E-state index is -0.956. The van der Waals surface area contributed by atoms with Gasteiger partial charge >= 0.3 is 12.1 Å². The van der Waals surface area contributed by atoms with E-state index < -0.39 is 23.6 Å². The zero-order valence-corrected chi connectivity index (χ0v) is 19.9. The SMILES string of the molecule is O=C(NC1(CC(=O)N2CCCCC2C(=O)O)CCCC1)OCC1c2ccccc2-c2ccccc21. The van der Waals surface area contributed by atoms with Crippen LogP contribution in [-0.4, -0.2) is 52.7 Å². The van der Waals surface area contributed by atoms with Gasteiger partial charge in [0.2, 0.25) is 5.91 Å². The lowest BCUT2D eigenvalue weighted by Gasteiger charge is -2.37. The van der Waals surface area contributed by atoms with E-state index in [1.165, 1.54) is 16.0 Å². The summed E-state index contributed by atoms with van der Waals surface area (Å²) in [5.74, 6) is -1.18. The summed E-state index contributed by atoms with van der Waals surface area (Å²) in [6.45, 7) is 0.675. The van der Waals surface area contributed by atoms with Crippen molar-refractivity contribution >= 4 is 18.0 Å². The predicted octanol–water partition coefficient (Wildman–Crippen LogP) is 4.69. The number of nitrogens with zero attached hydrogens (tertiary/aromatic N) is 1. The van der Waals surface area contributed by atoms with Crippen LogP contribution >= 0.6 is 0 Å².